The van der Waals surface area contributed by atoms with E-state index >= 15 is 0 Å². The maximum absolute atomic E-state index is 3.27. The van der Waals surface area contributed by atoms with Gasteiger partial charge in [-0.25, -0.2) is 0 Å². The fraction of sp³-hybridized carbons (Fsp3) is 0.400. The quantitative estimate of drug-likeness (QED) is 0.714. The number of rotatable bonds is 4. The Morgan fingerprint density at radius 1 is 1.00 bits per heavy atom. The normalized spacial score (nSPS) is 9.50. The van der Waals surface area contributed by atoms with E-state index in [1.807, 2.05) is 0 Å². The summed E-state index contributed by atoms with van der Waals surface area (Å²) in [5, 5.41) is 6.53. The molecule has 66 valence electrons. The summed E-state index contributed by atoms with van der Waals surface area (Å²) in [6.45, 7) is 6.13. The van der Waals surface area contributed by atoms with Crippen LogP contribution in [0, 0.1) is 0 Å². The van der Waals surface area contributed by atoms with E-state index in [2.05, 4.69) is 48.7 Å². The average Bonchev–Trinajstić information content (AvgIpc) is 2.06. The highest BCUT2D eigenvalue weighted by Crippen LogP contribution is 2.14. The fourth-order valence-corrected chi connectivity index (χ4v) is 1.15. The molecule has 0 spiro atoms. The van der Waals surface area contributed by atoms with E-state index in [9.17, 15) is 0 Å². The van der Waals surface area contributed by atoms with Crippen molar-refractivity contribution in [3.63, 3.8) is 0 Å². The molecule has 1 aromatic rings. The van der Waals surface area contributed by atoms with Crippen LogP contribution in [0.2, 0.25) is 0 Å². The second-order valence-electron chi connectivity index (χ2n) is 2.64. The van der Waals surface area contributed by atoms with Crippen molar-refractivity contribution < 1.29 is 0 Å². The van der Waals surface area contributed by atoms with Gasteiger partial charge in [0.15, 0.2) is 0 Å². The fourth-order valence-electron chi connectivity index (χ4n) is 1.15. The van der Waals surface area contributed by atoms with Gasteiger partial charge in [0.1, 0.15) is 0 Å². The molecule has 0 heterocycles. The SMILES string of the molecule is CCNc1cccc(NCC)c1. The van der Waals surface area contributed by atoms with Crippen LogP contribution in [0.15, 0.2) is 24.3 Å². The monoisotopic (exact) mass is 164 g/mol. The summed E-state index contributed by atoms with van der Waals surface area (Å²) >= 11 is 0. The van der Waals surface area contributed by atoms with Gasteiger partial charge in [-0.3, -0.25) is 0 Å². The van der Waals surface area contributed by atoms with Crippen LogP contribution < -0.4 is 10.6 Å². The first-order valence-corrected chi connectivity index (χ1v) is 4.44. The van der Waals surface area contributed by atoms with Gasteiger partial charge in [0, 0.05) is 24.5 Å². The van der Waals surface area contributed by atoms with Gasteiger partial charge < -0.3 is 10.6 Å². The molecule has 1 rings (SSSR count). The summed E-state index contributed by atoms with van der Waals surface area (Å²) in [5.41, 5.74) is 2.35. The minimum absolute atomic E-state index is 0.968. The third kappa shape index (κ3) is 2.46. The highest BCUT2D eigenvalue weighted by molar-refractivity contribution is 5.56. The summed E-state index contributed by atoms with van der Waals surface area (Å²) in [5.74, 6) is 0. The van der Waals surface area contributed by atoms with Crippen LogP contribution in [0.1, 0.15) is 13.8 Å². The molecule has 0 amide bonds. The standard InChI is InChI=1S/C10H16N2/c1-3-11-9-6-5-7-10(8-9)12-4-2/h5-8,11-12H,3-4H2,1-2H3. The van der Waals surface area contributed by atoms with Crippen LogP contribution in [-0.4, -0.2) is 13.1 Å². The molecule has 0 aromatic heterocycles. The highest BCUT2D eigenvalue weighted by Gasteiger charge is 1.91. The zero-order valence-corrected chi connectivity index (χ0v) is 7.72. The van der Waals surface area contributed by atoms with Crippen LogP contribution in [-0.2, 0) is 0 Å². The number of hydrogen-bond acceptors (Lipinski definition) is 2. The van der Waals surface area contributed by atoms with Crippen LogP contribution >= 0.6 is 0 Å². The third-order valence-corrected chi connectivity index (χ3v) is 1.62. The number of hydrogen-bond donors (Lipinski definition) is 2. The Bertz CT molecular complexity index is 212. The molecule has 0 fully saturated rings. The molecule has 0 unspecified atom stereocenters. The average molecular weight is 164 g/mol. The molecular weight excluding hydrogens is 148 g/mol. The van der Waals surface area contributed by atoms with Crippen LogP contribution in [0.3, 0.4) is 0 Å². The van der Waals surface area contributed by atoms with Crippen molar-refractivity contribution in [2.45, 2.75) is 13.8 Å². The molecule has 0 aliphatic carbocycles. The van der Waals surface area contributed by atoms with Crippen molar-refractivity contribution in [3.8, 4) is 0 Å². The van der Waals surface area contributed by atoms with Crippen molar-refractivity contribution in [1.82, 2.24) is 0 Å². The minimum atomic E-state index is 0.968. The summed E-state index contributed by atoms with van der Waals surface area (Å²) < 4.78 is 0. The predicted octanol–water partition coefficient (Wildman–Crippen LogP) is 2.55. The molecule has 0 saturated heterocycles. The Morgan fingerprint density at radius 3 is 1.92 bits per heavy atom. The van der Waals surface area contributed by atoms with E-state index in [0.29, 0.717) is 0 Å². The Hall–Kier alpha value is -1.18. The van der Waals surface area contributed by atoms with Crippen LogP contribution in [0.4, 0.5) is 11.4 Å². The second-order valence-corrected chi connectivity index (χ2v) is 2.64. The van der Waals surface area contributed by atoms with Crippen LogP contribution in [0.5, 0.6) is 0 Å². The molecule has 2 nitrogen and oxygen atoms in total. The first-order valence-electron chi connectivity index (χ1n) is 4.44. The molecule has 0 atom stereocenters. The zero-order valence-electron chi connectivity index (χ0n) is 7.72. The molecule has 0 aliphatic heterocycles. The van der Waals surface area contributed by atoms with Crippen molar-refractivity contribution >= 4 is 11.4 Å². The summed E-state index contributed by atoms with van der Waals surface area (Å²) in [6.07, 6.45) is 0. The largest absolute Gasteiger partial charge is 0.385 e. The van der Waals surface area contributed by atoms with E-state index in [4.69, 9.17) is 0 Å². The number of anilines is 2. The molecule has 2 N–H and O–H groups in total. The predicted molar refractivity (Wildman–Crippen MR) is 54.8 cm³/mol. The Balaban J connectivity index is 2.67. The lowest BCUT2D eigenvalue weighted by Crippen LogP contribution is -1.99. The van der Waals surface area contributed by atoms with E-state index in [-0.39, 0.29) is 0 Å². The topological polar surface area (TPSA) is 24.1 Å². The molecule has 0 radical (unpaired) electrons. The van der Waals surface area contributed by atoms with Crippen molar-refractivity contribution in [3.05, 3.63) is 24.3 Å². The lowest BCUT2D eigenvalue weighted by molar-refractivity contribution is 1.19. The van der Waals surface area contributed by atoms with Gasteiger partial charge in [0.05, 0.1) is 0 Å². The van der Waals surface area contributed by atoms with E-state index in [1.165, 1.54) is 11.4 Å². The smallest absolute Gasteiger partial charge is 0.0360 e. The second kappa shape index (κ2) is 4.65. The molecule has 0 aliphatic rings. The van der Waals surface area contributed by atoms with Gasteiger partial charge in [-0.2, -0.15) is 0 Å². The molecule has 2 heteroatoms. The molecule has 1 aromatic carbocycles. The summed E-state index contributed by atoms with van der Waals surface area (Å²) in [7, 11) is 0. The lowest BCUT2D eigenvalue weighted by Gasteiger charge is -2.06. The van der Waals surface area contributed by atoms with Crippen LogP contribution in [0.25, 0.3) is 0 Å². The minimum Gasteiger partial charge on any atom is -0.385 e. The van der Waals surface area contributed by atoms with Crippen molar-refractivity contribution in [1.29, 1.82) is 0 Å². The van der Waals surface area contributed by atoms with Crippen molar-refractivity contribution in [2.75, 3.05) is 23.7 Å². The molecule has 0 saturated carbocycles. The number of benzene rings is 1. The summed E-state index contributed by atoms with van der Waals surface area (Å²) in [6, 6.07) is 8.32. The Morgan fingerprint density at radius 2 is 1.50 bits per heavy atom. The van der Waals surface area contributed by atoms with Gasteiger partial charge in [-0.05, 0) is 32.0 Å². The Labute approximate surface area is 74.0 Å². The maximum atomic E-state index is 3.27. The highest BCUT2D eigenvalue weighted by atomic mass is 14.9. The lowest BCUT2D eigenvalue weighted by atomic mass is 10.3. The van der Waals surface area contributed by atoms with E-state index in [1.54, 1.807) is 0 Å². The number of nitrogens with one attached hydrogen (secondary N) is 2. The molecule has 12 heavy (non-hydrogen) atoms. The first-order chi connectivity index (χ1) is 5.86. The van der Waals surface area contributed by atoms with Gasteiger partial charge in [0.2, 0.25) is 0 Å². The molecular formula is C10H16N2. The molecule has 0 bridgehead atoms. The Kier molecular flexibility index (Phi) is 3.45. The van der Waals surface area contributed by atoms with Gasteiger partial charge in [-0.1, -0.05) is 6.07 Å². The van der Waals surface area contributed by atoms with Crippen molar-refractivity contribution in [2.24, 2.45) is 0 Å². The van der Waals surface area contributed by atoms with Gasteiger partial charge in [0.25, 0.3) is 0 Å². The maximum Gasteiger partial charge on any atom is 0.0360 e. The van der Waals surface area contributed by atoms with E-state index < -0.39 is 0 Å². The first kappa shape index (κ1) is 8.91. The third-order valence-electron chi connectivity index (χ3n) is 1.62. The summed E-state index contributed by atoms with van der Waals surface area (Å²) in [4.78, 5) is 0. The zero-order chi connectivity index (χ0) is 8.81. The van der Waals surface area contributed by atoms with Gasteiger partial charge in [-0.15, -0.1) is 0 Å². The van der Waals surface area contributed by atoms with E-state index in [0.717, 1.165) is 13.1 Å². The van der Waals surface area contributed by atoms with Gasteiger partial charge >= 0.3 is 0 Å².